The Morgan fingerprint density at radius 1 is 1.21 bits per heavy atom. The number of hydrogen-bond donors (Lipinski definition) is 0. The zero-order valence-corrected chi connectivity index (χ0v) is 15.9. The third-order valence-corrected chi connectivity index (χ3v) is 5.94. The number of imidazole rings is 1. The van der Waals surface area contributed by atoms with Gasteiger partial charge in [0.1, 0.15) is 23.7 Å². The van der Waals surface area contributed by atoms with Gasteiger partial charge in [-0.15, -0.1) is 0 Å². The molecule has 0 saturated carbocycles. The Kier molecular flexibility index (Phi) is 4.09. The normalized spacial score (nSPS) is 21.2. The van der Waals surface area contributed by atoms with Gasteiger partial charge in [0.15, 0.2) is 5.76 Å². The van der Waals surface area contributed by atoms with Gasteiger partial charge in [-0.25, -0.2) is 4.98 Å². The molecule has 1 aromatic carbocycles. The Balaban J connectivity index is 1.33. The summed E-state index contributed by atoms with van der Waals surface area (Å²) in [5, 5.41) is 0. The Morgan fingerprint density at radius 3 is 2.93 bits per heavy atom. The van der Waals surface area contributed by atoms with Crippen LogP contribution in [0.3, 0.4) is 0 Å². The Hall–Kier alpha value is -2.86. The summed E-state index contributed by atoms with van der Waals surface area (Å²) in [6.07, 6.45) is 4.79. The summed E-state index contributed by atoms with van der Waals surface area (Å²) in [6, 6.07) is 11.9. The summed E-state index contributed by atoms with van der Waals surface area (Å²) in [4.78, 5) is 19.3. The highest BCUT2D eigenvalue weighted by molar-refractivity contribution is 5.79. The van der Waals surface area contributed by atoms with Crippen molar-refractivity contribution in [3.05, 3.63) is 65.8 Å². The van der Waals surface area contributed by atoms with Gasteiger partial charge in [-0.3, -0.25) is 4.79 Å². The van der Waals surface area contributed by atoms with Gasteiger partial charge in [0.25, 0.3) is 0 Å². The molecule has 2 aliphatic heterocycles. The van der Waals surface area contributed by atoms with E-state index >= 15 is 0 Å². The van der Waals surface area contributed by atoms with E-state index < -0.39 is 0 Å². The highest BCUT2D eigenvalue weighted by atomic mass is 16.5. The van der Waals surface area contributed by atoms with E-state index in [1.807, 2.05) is 41.4 Å². The predicted octanol–water partition coefficient (Wildman–Crippen LogP) is 3.20. The average Bonchev–Trinajstić information content (AvgIpc) is 3.43. The summed E-state index contributed by atoms with van der Waals surface area (Å²) >= 11 is 0. The van der Waals surface area contributed by atoms with E-state index in [1.165, 1.54) is 0 Å². The molecule has 2 aliphatic rings. The van der Waals surface area contributed by atoms with Crippen LogP contribution in [0.2, 0.25) is 0 Å². The van der Waals surface area contributed by atoms with Gasteiger partial charge in [-0.05, 0) is 36.6 Å². The molecular weight excluding hydrogens is 354 g/mol. The fraction of sp³-hybridized carbons (Fsp3) is 0.364. The zero-order valence-electron chi connectivity index (χ0n) is 15.9. The first-order valence-electron chi connectivity index (χ1n) is 9.68. The molecule has 5 rings (SSSR count). The molecule has 4 heterocycles. The van der Waals surface area contributed by atoms with Gasteiger partial charge < -0.3 is 18.6 Å². The molecule has 144 valence electrons. The Bertz CT molecular complexity index is 1010. The second-order valence-electron chi connectivity index (χ2n) is 7.76. The number of likely N-dealkylation sites (tertiary alicyclic amines) is 1. The average molecular weight is 377 g/mol. The minimum Gasteiger partial charge on any atom is -0.463 e. The molecule has 0 radical (unpaired) electrons. The van der Waals surface area contributed by atoms with Crippen LogP contribution < -0.4 is 0 Å². The third-order valence-electron chi connectivity index (χ3n) is 5.94. The number of benzene rings is 1. The van der Waals surface area contributed by atoms with Crippen molar-refractivity contribution in [2.75, 3.05) is 13.1 Å². The smallest absolute Gasteiger partial charge is 0.227 e. The number of furan rings is 1. The van der Waals surface area contributed by atoms with E-state index in [0.29, 0.717) is 26.1 Å². The highest BCUT2D eigenvalue weighted by Crippen LogP contribution is 2.35. The van der Waals surface area contributed by atoms with E-state index in [2.05, 4.69) is 22.5 Å². The van der Waals surface area contributed by atoms with Crippen LogP contribution in [-0.4, -0.2) is 39.0 Å². The number of ether oxygens (including phenoxy) is 1. The second-order valence-corrected chi connectivity index (χ2v) is 7.76. The molecule has 3 aromatic rings. The van der Waals surface area contributed by atoms with Crippen LogP contribution >= 0.6 is 0 Å². The lowest BCUT2D eigenvalue weighted by atomic mass is 10.0. The Labute approximate surface area is 163 Å². The molecule has 6 nitrogen and oxygen atoms in total. The van der Waals surface area contributed by atoms with E-state index in [4.69, 9.17) is 9.15 Å². The first-order valence-corrected chi connectivity index (χ1v) is 9.68. The molecule has 1 spiro atoms. The maximum Gasteiger partial charge on any atom is 0.227 e. The highest BCUT2D eigenvalue weighted by Gasteiger charge is 2.44. The standard InChI is InChI=1S/C22H23N3O3/c1-16-5-2-3-6-17(16)11-21(26)24-9-8-22(14-24)15-25-18(19-7-4-10-27-19)12-23-20(25)13-28-22/h2-7,10,12H,8-9,11,13-15H2,1H3/t22-/m0/s1. The number of hydrogen-bond acceptors (Lipinski definition) is 4. The number of carbonyl (C=O) groups excluding carboxylic acids is 1. The number of fused-ring (bicyclic) bond motifs is 1. The van der Waals surface area contributed by atoms with Gasteiger partial charge in [0, 0.05) is 6.54 Å². The number of rotatable bonds is 3. The first kappa shape index (κ1) is 17.3. The van der Waals surface area contributed by atoms with Gasteiger partial charge in [0.05, 0.1) is 32.0 Å². The largest absolute Gasteiger partial charge is 0.463 e. The van der Waals surface area contributed by atoms with Crippen LogP contribution in [0.25, 0.3) is 11.5 Å². The summed E-state index contributed by atoms with van der Waals surface area (Å²) in [7, 11) is 0. The van der Waals surface area contributed by atoms with Crippen molar-refractivity contribution < 1.29 is 13.9 Å². The Morgan fingerprint density at radius 2 is 2.11 bits per heavy atom. The van der Waals surface area contributed by atoms with E-state index in [1.54, 1.807) is 6.26 Å². The van der Waals surface area contributed by atoms with Gasteiger partial charge in [-0.1, -0.05) is 24.3 Å². The van der Waals surface area contributed by atoms with Crippen molar-refractivity contribution in [2.45, 2.75) is 38.5 Å². The molecule has 0 unspecified atom stereocenters. The fourth-order valence-corrected chi connectivity index (χ4v) is 4.27. The predicted molar refractivity (Wildman–Crippen MR) is 104 cm³/mol. The van der Waals surface area contributed by atoms with Crippen molar-refractivity contribution >= 4 is 5.91 Å². The molecule has 1 atom stereocenters. The van der Waals surface area contributed by atoms with Crippen LogP contribution in [0.4, 0.5) is 0 Å². The summed E-state index contributed by atoms with van der Waals surface area (Å²) in [6.45, 7) is 4.54. The lowest BCUT2D eigenvalue weighted by molar-refractivity contribution is -0.132. The van der Waals surface area contributed by atoms with Crippen LogP contribution in [0, 0.1) is 6.92 Å². The fourth-order valence-electron chi connectivity index (χ4n) is 4.27. The van der Waals surface area contributed by atoms with Crippen molar-refractivity contribution in [2.24, 2.45) is 0 Å². The van der Waals surface area contributed by atoms with E-state index in [0.717, 1.165) is 41.4 Å². The maximum atomic E-state index is 12.9. The summed E-state index contributed by atoms with van der Waals surface area (Å²) in [5.74, 6) is 1.88. The molecule has 1 fully saturated rings. The molecule has 0 N–H and O–H groups in total. The van der Waals surface area contributed by atoms with Crippen molar-refractivity contribution in [3.63, 3.8) is 0 Å². The van der Waals surface area contributed by atoms with Crippen LogP contribution in [-0.2, 0) is 29.1 Å². The number of aromatic nitrogens is 2. The van der Waals surface area contributed by atoms with Crippen LogP contribution in [0.5, 0.6) is 0 Å². The lowest BCUT2D eigenvalue weighted by Gasteiger charge is -2.35. The van der Waals surface area contributed by atoms with Crippen molar-refractivity contribution in [1.82, 2.24) is 14.5 Å². The van der Waals surface area contributed by atoms with E-state index in [-0.39, 0.29) is 11.5 Å². The van der Waals surface area contributed by atoms with Crippen LogP contribution in [0.1, 0.15) is 23.4 Å². The molecule has 0 aliphatic carbocycles. The molecule has 0 bridgehead atoms. The topological polar surface area (TPSA) is 60.5 Å². The summed E-state index contributed by atoms with van der Waals surface area (Å²) in [5.41, 5.74) is 2.86. The number of carbonyl (C=O) groups is 1. The number of nitrogens with zero attached hydrogens (tertiary/aromatic N) is 3. The molecule has 1 saturated heterocycles. The van der Waals surface area contributed by atoms with Crippen LogP contribution in [0.15, 0.2) is 53.3 Å². The minimum absolute atomic E-state index is 0.164. The molecule has 6 heteroatoms. The minimum atomic E-state index is -0.351. The lowest BCUT2D eigenvalue weighted by Crippen LogP contribution is -2.45. The monoisotopic (exact) mass is 377 g/mol. The number of amides is 1. The van der Waals surface area contributed by atoms with Crippen molar-refractivity contribution in [3.8, 4) is 11.5 Å². The van der Waals surface area contributed by atoms with E-state index in [9.17, 15) is 4.79 Å². The molecule has 2 aromatic heterocycles. The SMILES string of the molecule is Cc1ccccc1CC(=O)N1CC[C@]2(C1)Cn1c(-c3ccco3)cnc1CO2. The third kappa shape index (κ3) is 2.94. The second kappa shape index (κ2) is 6.63. The zero-order chi connectivity index (χ0) is 19.1. The maximum absolute atomic E-state index is 12.9. The van der Waals surface area contributed by atoms with Gasteiger partial charge in [0.2, 0.25) is 5.91 Å². The van der Waals surface area contributed by atoms with Gasteiger partial charge in [-0.2, -0.15) is 0 Å². The van der Waals surface area contributed by atoms with Gasteiger partial charge >= 0.3 is 0 Å². The molecular formula is C22H23N3O3. The first-order chi connectivity index (χ1) is 13.6. The quantitative estimate of drug-likeness (QED) is 0.703. The molecule has 1 amide bonds. The number of aryl methyl sites for hydroxylation is 1. The van der Waals surface area contributed by atoms with Crippen molar-refractivity contribution in [1.29, 1.82) is 0 Å². The molecule has 28 heavy (non-hydrogen) atoms. The summed E-state index contributed by atoms with van der Waals surface area (Å²) < 4.78 is 14.0.